The summed E-state index contributed by atoms with van der Waals surface area (Å²) in [5.74, 6) is 1.29. The van der Waals surface area contributed by atoms with Crippen LogP contribution in [-0.2, 0) is 9.53 Å². The quantitative estimate of drug-likeness (QED) is 0.323. The molecule has 2 aliphatic heterocycles. The van der Waals surface area contributed by atoms with Gasteiger partial charge in [0.15, 0.2) is 11.6 Å². The molecule has 0 spiro atoms. The Labute approximate surface area is 263 Å². The van der Waals surface area contributed by atoms with Crippen molar-refractivity contribution in [3.05, 3.63) is 35.9 Å². The van der Waals surface area contributed by atoms with E-state index in [0.717, 1.165) is 19.0 Å². The molecule has 2 aliphatic rings. The van der Waals surface area contributed by atoms with E-state index in [1.54, 1.807) is 24.2 Å². The summed E-state index contributed by atoms with van der Waals surface area (Å²) in [5.41, 5.74) is 0.590. The highest BCUT2D eigenvalue weighted by Crippen LogP contribution is 2.16. The molecule has 250 valence electrons. The number of Topliss-reactive ketones (excluding diaryl/α,β-unsaturated/α-hetero) is 2. The lowest BCUT2D eigenvalue weighted by atomic mass is 10.1. The predicted octanol–water partition coefficient (Wildman–Crippen LogP) is 5.18. The Morgan fingerprint density at radius 1 is 0.778 bits per heavy atom. The molecular formula is C30H44F3N7O5. The Morgan fingerprint density at radius 3 is 1.44 bits per heavy atom. The lowest BCUT2D eigenvalue weighted by molar-refractivity contribution is -0.156. The second-order valence-corrected chi connectivity index (χ2v) is 10.8. The van der Waals surface area contributed by atoms with Crippen molar-refractivity contribution in [1.29, 1.82) is 0 Å². The summed E-state index contributed by atoms with van der Waals surface area (Å²) >= 11 is 0. The van der Waals surface area contributed by atoms with Gasteiger partial charge in [0.2, 0.25) is 18.2 Å². The number of anilines is 2. The minimum Gasteiger partial charge on any atom is -0.444 e. The number of amides is 1. The zero-order valence-electron chi connectivity index (χ0n) is 27.8. The molecule has 0 aromatic carbocycles. The number of aromatic nitrogens is 4. The number of rotatable bonds is 4. The summed E-state index contributed by atoms with van der Waals surface area (Å²) in [4.78, 5) is 65.7. The molecular weight excluding hydrogens is 595 g/mol. The van der Waals surface area contributed by atoms with Crippen LogP contribution in [0, 0.1) is 0 Å². The van der Waals surface area contributed by atoms with Crippen LogP contribution in [0.5, 0.6) is 0 Å². The molecule has 0 N–H and O–H groups in total. The van der Waals surface area contributed by atoms with Gasteiger partial charge in [-0.15, -0.1) is 0 Å². The van der Waals surface area contributed by atoms with Crippen molar-refractivity contribution >= 4 is 35.8 Å². The summed E-state index contributed by atoms with van der Waals surface area (Å²) in [6.45, 7) is 15.3. The van der Waals surface area contributed by atoms with Crippen molar-refractivity contribution < 1.29 is 38.5 Å². The van der Waals surface area contributed by atoms with Crippen molar-refractivity contribution in [2.75, 3.05) is 49.1 Å². The number of carbonyl (C=O) groups is 4. The number of piperidine rings is 1. The maximum Gasteiger partial charge on any atom is 0.446 e. The number of aldehydes is 1. The molecule has 2 saturated heterocycles. The Hall–Kier alpha value is -4.17. The SMILES string of the molecule is CC(=O)c1cnc(N2CCCCC2)nc1.CC(=O)c1cnc(N2CCN(C(=O)OC(C)(C)C)CC2)nc1.O=CC(F)(F)F.[2H]CC. The number of nitrogens with zero attached hydrogens (tertiary/aromatic N) is 7. The first kappa shape index (κ1) is 37.0. The standard InChI is InChI=1S/C15H22N4O3.C11H15N3O.C2HF3O.C2H6/c1-11(20)12-9-16-13(17-10-12)18-5-7-19(8-6-18)14(21)22-15(2,3)4;1-9(15)10-7-12-11(13-8-10)14-5-3-2-4-6-14;3-2(4,5)1-6;1-2/h9-10H,5-8H2,1-4H3;7-8H,2-6H2,1H3;1H;1-2H3/i;;;1D. The molecule has 2 fully saturated rings. The van der Waals surface area contributed by atoms with Crippen molar-refractivity contribution in [2.45, 2.75) is 79.5 Å². The first-order valence-corrected chi connectivity index (χ1v) is 14.5. The van der Waals surface area contributed by atoms with Gasteiger partial charge in [0, 0.05) is 65.4 Å². The molecule has 0 bridgehead atoms. The van der Waals surface area contributed by atoms with Crippen LogP contribution in [0.1, 0.15) is 89.8 Å². The molecule has 0 atom stereocenters. The molecule has 0 aliphatic carbocycles. The van der Waals surface area contributed by atoms with Crippen molar-refractivity contribution in [1.82, 2.24) is 24.8 Å². The van der Waals surface area contributed by atoms with E-state index in [1.165, 1.54) is 45.5 Å². The van der Waals surface area contributed by atoms with Gasteiger partial charge in [-0.3, -0.25) is 14.4 Å². The number of carbonyl (C=O) groups excluding carboxylic acids is 4. The van der Waals surface area contributed by atoms with Gasteiger partial charge in [-0.1, -0.05) is 13.8 Å². The maximum absolute atomic E-state index is 12.0. The highest BCUT2D eigenvalue weighted by atomic mass is 19.4. The zero-order chi connectivity index (χ0) is 34.9. The number of alkyl halides is 3. The molecule has 12 nitrogen and oxygen atoms in total. The number of halogens is 3. The minimum absolute atomic E-state index is 0.0141. The van der Waals surface area contributed by atoms with E-state index in [-0.39, 0.29) is 17.7 Å². The van der Waals surface area contributed by atoms with Gasteiger partial charge in [0.25, 0.3) is 0 Å². The molecule has 2 aromatic rings. The van der Waals surface area contributed by atoms with Crippen LogP contribution in [0.3, 0.4) is 0 Å². The minimum atomic E-state index is -4.64. The first-order chi connectivity index (χ1) is 21.5. The molecule has 0 saturated carbocycles. The zero-order valence-corrected chi connectivity index (χ0v) is 26.8. The van der Waals surface area contributed by atoms with Crippen LogP contribution < -0.4 is 9.80 Å². The summed E-state index contributed by atoms with van der Waals surface area (Å²) < 4.78 is 42.8. The van der Waals surface area contributed by atoms with E-state index >= 15 is 0 Å². The molecule has 15 heteroatoms. The topological polar surface area (TPSA) is 139 Å². The van der Waals surface area contributed by atoms with Gasteiger partial charge in [-0.2, -0.15) is 13.2 Å². The van der Waals surface area contributed by atoms with Gasteiger partial charge in [0.1, 0.15) is 5.60 Å². The summed E-state index contributed by atoms with van der Waals surface area (Å²) in [7, 11) is 0. The highest BCUT2D eigenvalue weighted by Gasteiger charge is 2.27. The maximum atomic E-state index is 12.0. The largest absolute Gasteiger partial charge is 0.446 e. The Bertz CT molecular complexity index is 1230. The molecule has 45 heavy (non-hydrogen) atoms. The first-order valence-electron chi connectivity index (χ1n) is 15.2. The second-order valence-electron chi connectivity index (χ2n) is 10.8. The van der Waals surface area contributed by atoms with E-state index in [9.17, 15) is 27.6 Å². The summed E-state index contributed by atoms with van der Waals surface area (Å²) in [6.07, 6.45) is 4.00. The van der Waals surface area contributed by atoms with E-state index in [4.69, 9.17) is 10.9 Å². The van der Waals surface area contributed by atoms with Crippen LogP contribution in [0.25, 0.3) is 0 Å². The highest BCUT2D eigenvalue weighted by molar-refractivity contribution is 5.93. The third-order valence-corrected chi connectivity index (χ3v) is 6.08. The lowest BCUT2D eigenvalue weighted by Crippen LogP contribution is -2.50. The number of hydrogen-bond donors (Lipinski definition) is 0. The van der Waals surface area contributed by atoms with Crippen LogP contribution in [0.15, 0.2) is 24.8 Å². The fraction of sp³-hybridized carbons (Fsp3) is 0.600. The van der Waals surface area contributed by atoms with Gasteiger partial charge >= 0.3 is 12.3 Å². The average Bonchev–Trinajstić information content (AvgIpc) is 3.01. The third kappa shape index (κ3) is 14.9. The average molecular weight is 641 g/mol. The molecule has 2 aromatic heterocycles. The fourth-order valence-corrected chi connectivity index (χ4v) is 3.84. The van der Waals surface area contributed by atoms with Crippen LogP contribution in [-0.4, -0.2) is 99.8 Å². The van der Waals surface area contributed by atoms with Gasteiger partial charge in [-0.05, 0) is 53.9 Å². The Morgan fingerprint density at radius 2 is 1.13 bits per heavy atom. The van der Waals surface area contributed by atoms with E-state index in [2.05, 4.69) is 24.8 Å². The number of ketones is 2. The molecule has 0 radical (unpaired) electrons. The molecule has 4 rings (SSSR count). The van der Waals surface area contributed by atoms with Crippen LogP contribution in [0.4, 0.5) is 29.9 Å². The number of ether oxygens (including phenoxy) is 1. The van der Waals surface area contributed by atoms with Crippen molar-refractivity contribution in [3.63, 3.8) is 0 Å². The third-order valence-electron chi connectivity index (χ3n) is 6.08. The molecule has 4 heterocycles. The number of piperazine rings is 1. The fourth-order valence-electron chi connectivity index (χ4n) is 3.84. The smallest absolute Gasteiger partial charge is 0.444 e. The summed E-state index contributed by atoms with van der Waals surface area (Å²) in [5, 5.41) is 0. The number of hydrogen-bond acceptors (Lipinski definition) is 11. The molecule has 0 unspecified atom stereocenters. The van der Waals surface area contributed by atoms with E-state index in [1.807, 2.05) is 25.7 Å². The molecule has 1 amide bonds. The van der Waals surface area contributed by atoms with Gasteiger partial charge < -0.3 is 19.4 Å². The van der Waals surface area contributed by atoms with E-state index < -0.39 is 18.1 Å². The van der Waals surface area contributed by atoms with E-state index in [0.29, 0.717) is 50.2 Å². The normalized spacial score (nSPS) is 15.0. The predicted molar refractivity (Wildman–Crippen MR) is 164 cm³/mol. The van der Waals surface area contributed by atoms with Crippen LogP contribution in [0.2, 0.25) is 0 Å². The van der Waals surface area contributed by atoms with Crippen molar-refractivity contribution in [2.24, 2.45) is 0 Å². The summed E-state index contributed by atoms with van der Waals surface area (Å²) in [6, 6.07) is 0. The monoisotopic (exact) mass is 640 g/mol. The van der Waals surface area contributed by atoms with Crippen molar-refractivity contribution in [3.8, 4) is 0 Å². The Balaban J connectivity index is 0.000000379. The van der Waals surface area contributed by atoms with Crippen LogP contribution >= 0.6 is 0 Å². The Kier molecular flexibility index (Phi) is 15.3. The lowest BCUT2D eigenvalue weighted by Gasteiger charge is -2.35. The van der Waals surface area contributed by atoms with Gasteiger partial charge in [0.05, 0.1) is 11.1 Å². The second kappa shape index (κ2) is 18.6. The van der Waals surface area contributed by atoms with Gasteiger partial charge in [-0.25, -0.2) is 24.7 Å².